The van der Waals surface area contributed by atoms with E-state index in [2.05, 4.69) is 18.3 Å². The van der Waals surface area contributed by atoms with Gasteiger partial charge in [-0.25, -0.2) is 0 Å². The fourth-order valence-corrected chi connectivity index (χ4v) is 3.32. The van der Waals surface area contributed by atoms with Crippen molar-refractivity contribution in [3.63, 3.8) is 0 Å². The third kappa shape index (κ3) is 3.55. The number of methoxy groups -OCH3 is 2. The molecule has 1 N–H and O–H groups in total. The zero-order valence-corrected chi connectivity index (χ0v) is 14.9. The second kappa shape index (κ2) is 7.47. The van der Waals surface area contributed by atoms with Gasteiger partial charge in [0, 0.05) is 30.8 Å². The van der Waals surface area contributed by atoms with Gasteiger partial charge < -0.3 is 19.7 Å². The molecule has 3 rings (SSSR count). The predicted octanol–water partition coefficient (Wildman–Crippen LogP) is 3.48. The molecular formula is C20H24N2O3. The van der Waals surface area contributed by atoms with Gasteiger partial charge in [-0.1, -0.05) is 18.2 Å². The number of fused-ring (bicyclic) bond motifs is 1. The van der Waals surface area contributed by atoms with Gasteiger partial charge in [0.1, 0.15) is 11.5 Å². The highest BCUT2D eigenvalue weighted by Gasteiger charge is 2.29. The van der Waals surface area contributed by atoms with E-state index in [1.807, 2.05) is 41.3 Å². The zero-order valence-electron chi connectivity index (χ0n) is 14.9. The SMILES string of the molecule is COc1ccc(OC)c(NCCC(=O)N2c3ccccc3CC2C)c1. The molecule has 1 unspecified atom stereocenters. The fourth-order valence-electron chi connectivity index (χ4n) is 3.32. The van der Waals surface area contributed by atoms with Crippen molar-refractivity contribution in [2.75, 3.05) is 31.0 Å². The zero-order chi connectivity index (χ0) is 17.8. The van der Waals surface area contributed by atoms with E-state index in [4.69, 9.17) is 9.47 Å². The summed E-state index contributed by atoms with van der Waals surface area (Å²) in [6.07, 6.45) is 1.33. The van der Waals surface area contributed by atoms with Crippen molar-refractivity contribution >= 4 is 17.3 Å². The van der Waals surface area contributed by atoms with E-state index >= 15 is 0 Å². The number of para-hydroxylation sites is 1. The Hall–Kier alpha value is -2.69. The van der Waals surface area contributed by atoms with E-state index in [-0.39, 0.29) is 11.9 Å². The fraction of sp³-hybridized carbons (Fsp3) is 0.350. The Kier molecular flexibility index (Phi) is 5.12. The lowest BCUT2D eigenvalue weighted by Crippen LogP contribution is -2.36. The lowest BCUT2D eigenvalue weighted by molar-refractivity contribution is -0.118. The van der Waals surface area contributed by atoms with Crippen LogP contribution in [0.25, 0.3) is 0 Å². The van der Waals surface area contributed by atoms with Crippen LogP contribution >= 0.6 is 0 Å². The third-order valence-corrected chi connectivity index (χ3v) is 4.54. The molecule has 1 atom stereocenters. The van der Waals surface area contributed by atoms with Crippen LogP contribution in [-0.2, 0) is 11.2 Å². The molecule has 0 bridgehead atoms. The molecule has 0 aromatic heterocycles. The molecule has 0 radical (unpaired) electrons. The number of amides is 1. The van der Waals surface area contributed by atoms with Crippen molar-refractivity contribution in [2.45, 2.75) is 25.8 Å². The summed E-state index contributed by atoms with van der Waals surface area (Å²) in [6, 6.07) is 13.9. The summed E-state index contributed by atoms with van der Waals surface area (Å²) in [5, 5.41) is 3.28. The van der Waals surface area contributed by atoms with Crippen LogP contribution in [0.3, 0.4) is 0 Å². The Labute approximate surface area is 148 Å². The third-order valence-electron chi connectivity index (χ3n) is 4.54. The number of benzene rings is 2. The average molecular weight is 340 g/mol. The number of carbonyl (C=O) groups is 1. The molecule has 2 aromatic carbocycles. The van der Waals surface area contributed by atoms with Crippen LogP contribution in [0.2, 0.25) is 0 Å². The van der Waals surface area contributed by atoms with Crippen LogP contribution in [0.4, 0.5) is 11.4 Å². The first-order valence-electron chi connectivity index (χ1n) is 8.50. The maximum Gasteiger partial charge on any atom is 0.229 e. The Morgan fingerprint density at radius 2 is 2.00 bits per heavy atom. The van der Waals surface area contributed by atoms with Crippen molar-refractivity contribution in [1.29, 1.82) is 0 Å². The van der Waals surface area contributed by atoms with Gasteiger partial charge in [-0.2, -0.15) is 0 Å². The summed E-state index contributed by atoms with van der Waals surface area (Å²) < 4.78 is 10.6. The molecule has 1 aliphatic rings. The maximum atomic E-state index is 12.7. The number of hydrogen-bond donors (Lipinski definition) is 1. The quantitative estimate of drug-likeness (QED) is 0.875. The van der Waals surface area contributed by atoms with E-state index in [0.29, 0.717) is 13.0 Å². The monoisotopic (exact) mass is 340 g/mol. The van der Waals surface area contributed by atoms with Gasteiger partial charge in [-0.05, 0) is 37.1 Å². The molecule has 0 aliphatic carbocycles. The van der Waals surface area contributed by atoms with Gasteiger partial charge in [0.05, 0.1) is 19.9 Å². The normalized spacial score (nSPS) is 15.6. The topological polar surface area (TPSA) is 50.8 Å². The minimum Gasteiger partial charge on any atom is -0.497 e. The van der Waals surface area contributed by atoms with Gasteiger partial charge >= 0.3 is 0 Å². The molecule has 1 aliphatic heterocycles. The second-order valence-electron chi connectivity index (χ2n) is 6.19. The summed E-state index contributed by atoms with van der Waals surface area (Å²) in [5.41, 5.74) is 3.11. The molecule has 0 fully saturated rings. The van der Waals surface area contributed by atoms with E-state index in [9.17, 15) is 4.79 Å². The molecule has 1 amide bonds. The van der Waals surface area contributed by atoms with Crippen LogP contribution < -0.4 is 19.7 Å². The number of ether oxygens (including phenoxy) is 2. The molecule has 0 spiro atoms. The molecule has 5 heteroatoms. The van der Waals surface area contributed by atoms with Gasteiger partial charge in [-0.3, -0.25) is 4.79 Å². The Balaban J connectivity index is 1.64. The first-order chi connectivity index (χ1) is 12.1. The smallest absolute Gasteiger partial charge is 0.229 e. The lowest BCUT2D eigenvalue weighted by atomic mass is 10.1. The average Bonchev–Trinajstić information content (AvgIpc) is 2.97. The van der Waals surface area contributed by atoms with Crippen LogP contribution in [0.15, 0.2) is 42.5 Å². The van der Waals surface area contributed by atoms with Crippen molar-refractivity contribution in [1.82, 2.24) is 0 Å². The van der Waals surface area contributed by atoms with Gasteiger partial charge in [-0.15, -0.1) is 0 Å². The first-order valence-corrected chi connectivity index (χ1v) is 8.50. The molecule has 0 saturated carbocycles. The maximum absolute atomic E-state index is 12.7. The number of carbonyl (C=O) groups excluding carboxylic acids is 1. The van der Waals surface area contributed by atoms with Crippen LogP contribution in [0, 0.1) is 0 Å². The highest BCUT2D eigenvalue weighted by atomic mass is 16.5. The standard InChI is InChI=1S/C20H24N2O3/c1-14-12-15-6-4-5-7-18(15)22(14)20(23)10-11-21-17-13-16(24-2)8-9-19(17)25-3/h4-9,13-14,21H,10-12H2,1-3H3. The summed E-state index contributed by atoms with van der Waals surface area (Å²) >= 11 is 0. The minimum absolute atomic E-state index is 0.131. The van der Waals surface area contributed by atoms with Crippen molar-refractivity contribution < 1.29 is 14.3 Å². The van der Waals surface area contributed by atoms with Crippen molar-refractivity contribution in [3.05, 3.63) is 48.0 Å². The van der Waals surface area contributed by atoms with E-state index in [0.717, 1.165) is 29.3 Å². The van der Waals surface area contributed by atoms with E-state index in [1.165, 1.54) is 5.56 Å². The van der Waals surface area contributed by atoms with Crippen LogP contribution in [0.5, 0.6) is 11.5 Å². The predicted molar refractivity (Wildman–Crippen MR) is 99.7 cm³/mol. The first kappa shape index (κ1) is 17.1. The van der Waals surface area contributed by atoms with E-state index in [1.54, 1.807) is 14.2 Å². The lowest BCUT2D eigenvalue weighted by Gasteiger charge is -2.23. The van der Waals surface area contributed by atoms with E-state index < -0.39 is 0 Å². The molecule has 132 valence electrons. The number of hydrogen-bond acceptors (Lipinski definition) is 4. The minimum atomic E-state index is 0.131. The molecule has 0 saturated heterocycles. The van der Waals surface area contributed by atoms with Gasteiger partial charge in [0.15, 0.2) is 0 Å². The summed E-state index contributed by atoms with van der Waals surface area (Å²) in [5.74, 6) is 1.61. The molecule has 5 nitrogen and oxygen atoms in total. The number of rotatable bonds is 6. The Morgan fingerprint density at radius 1 is 1.20 bits per heavy atom. The second-order valence-corrected chi connectivity index (χ2v) is 6.19. The van der Waals surface area contributed by atoms with Gasteiger partial charge in [0.2, 0.25) is 5.91 Å². The molecule has 1 heterocycles. The summed E-state index contributed by atoms with van der Waals surface area (Å²) in [6.45, 7) is 2.63. The summed E-state index contributed by atoms with van der Waals surface area (Å²) in [7, 11) is 3.25. The highest BCUT2D eigenvalue weighted by Crippen LogP contribution is 2.32. The highest BCUT2D eigenvalue weighted by molar-refractivity contribution is 5.96. The van der Waals surface area contributed by atoms with Crippen LogP contribution in [-0.4, -0.2) is 32.7 Å². The molecular weight excluding hydrogens is 316 g/mol. The molecule has 25 heavy (non-hydrogen) atoms. The van der Waals surface area contributed by atoms with Crippen molar-refractivity contribution in [2.24, 2.45) is 0 Å². The number of nitrogens with zero attached hydrogens (tertiary/aromatic N) is 1. The molecule has 2 aromatic rings. The van der Waals surface area contributed by atoms with Crippen molar-refractivity contribution in [3.8, 4) is 11.5 Å². The number of anilines is 2. The van der Waals surface area contributed by atoms with Gasteiger partial charge in [0.25, 0.3) is 0 Å². The number of nitrogens with one attached hydrogen (secondary N) is 1. The Morgan fingerprint density at radius 3 is 2.76 bits per heavy atom. The van der Waals surface area contributed by atoms with Crippen LogP contribution in [0.1, 0.15) is 18.9 Å². The Bertz CT molecular complexity index is 760. The summed E-state index contributed by atoms with van der Waals surface area (Å²) in [4.78, 5) is 14.6. The largest absolute Gasteiger partial charge is 0.497 e.